The van der Waals surface area contributed by atoms with Gasteiger partial charge >= 0.3 is 0 Å². The van der Waals surface area contributed by atoms with Crippen molar-refractivity contribution in [1.82, 2.24) is 15.6 Å². The summed E-state index contributed by atoms with van der Waals surface area (Å²) in [5.74, 6) is -1.07. The highest BCUT2D eigenvalue weighted by Gasteiger charge is 2.54. The third kappa shape index (κ3) is 3.58. The zero-order valence-corrected chi connectivity index (χ0v) is 16.8. The number of rotatable bonds is 3. The van der Waals surface area contributed by atoms with Crippen molar-refractivity contribution in [2.75, 3.05) is 13.2 Å². The molecular formula is C20H18Cl2FN3O3. The number of aromatic nitrogens is 1. The summed E-state index contributed by atoms with van der Waals surface area (Å²) in [5, 5.41) is 6.36. The first-order valence-corrected chi connectivity index (χ1v) is 9.85. The van der Waals surface area contributed by atoms with Gasteiger partial charge in [-0.3, -0.25) is 14.6 Å². The van der Waals surface area contributed by atoms with Crippen LogP contribution in [0.1, 0.15) is 29.7 Å². The van der Waals surface area contributed by atoms with E-state index in [0.29, 0.717) is 21.3 Å². The van der Waals surface area contributed by atoms with Crippen molar-refractivity contribution in [3.05, 3.63) is 63.4 Å². The minimum Gasteiger partial charge on any atom is -0.369 e. The Morgan fingerprint density at radius 1 is 1.31 bits per heavy atom. The van der Waals surface area contributed by atoms with E-state index >= 15 is 4.39 Å². The lowest BCUT2D eigenvalue weighted by Gasteiger charge is -2.44. The van der Waals surface area contributed by atoms with Crippen LogP contribution in [0.4, 0.5) is 4.39 Å². The van der Waals surface area contributed by atoms with Crippen molar-refractivity contribution < 1.29 is 18.7 Å². The summed E-state index contributed by atoms with van der Waals surface area (Å²) in [6, 6.07) is 7.98. The lowest BCUT2D eigenvalue weighted by molar-refractivity contribution is -0.140. The largest absolute Gasteiger partial charge is 0.369 e. The van der Waals surface area contributed by atoms with E-state index in [1.54, 1.807) is 24.3 Å². The number of ether oxygens (including phenoxy) is 1. The molecule has 0 saturated carbocycles. The van der Waals surface area contributed by atoms with E-state index in [1.807, 2.05) is 0 Å². The molecule has 29 heavy (non-hydrogen) atoms. The Kier molecular flexibility index (Phi) is 5.23. The fourth-order valence-corrected chi connectivity index (χ4v) is 4.36. The number of hydrogen-bond donors (Lipinski definition) is 2. The quantitative estimate of drug-likeness (QED) is 0.773. The molecule has 2 N–H and O–H groups in total. The number of carbonyl (C=O) groups is 2. The van der Waals surface area contributed by atoms with Gasteiger partial charge in [0.15, 0.2) is 0 Å². The van der Waals surface area contributed by atoms with Gasteiger partial charge in [-0.05, 0) is 36.6 Å². The predicted molar refractivity (Wildman–Crippen MR) is 105 cm³/mol. The maximum absolute atomic E-state index is 16.0. The molecule has 1 aromatic heterocycles. The van der Waals surface area contributed by atoms with Gasteiger partial charge in [-0.25, -0.2) is 4.39 Å². The number of alkyl halides is 1. The number of carbonyl (C=O) groups excluding carboxylic acids is 2. The number of amides is 2. The summed E-state index contributed by atoms with van der Waals surface area (Å²) >= 11 is 12.0. The topological polar surface area (TPSA) is 80.3 Å². The SMILES string of the molecule is O=C1COC[C@]2(CC[C@@](F)(C(=O)NCc3ccc(Cl)cc3Cl)c3cccnc32)N1. The molecule has 2 atom stereocenters. The van der Waals surface area contributed by atoms with E-state index in [2.05, 4.69) is 15.6 Å². The monoisotopic (exact) mass is 437 g/mol. The number of nitrogens with one attached hydrogen (secondary N) is 2. The molecule has 1 aliphatic heterocycles. The van der Waals surface area contributed by atoms with Gasteiger partial charge in [0, 0.05) is 28.4 Å². The molecule has 152 valence electrons. The minimum absolute atomic E-state index is 0.0486. The van der Waals surface area contributed by atoms with Crippen LogP contribution in [0.15, 0.2) is 36.5 Å². The number of halogens is 3. The number of hydrogen-bond acceptors (Lipinski definition) is 4. The van der Waals surface area contributed by atoms with Gasteiger partial charge in [0.2, 0.25) is 11.6 Å². The Morgan fingerprint density at radius 2 is 2.14 bits per heavy atom. The van der Waals surface area contributed by atoms with Gasteiger partial charge in [-0.1, -0.05) is 35.3 Å². The number of nitrogens with zero attached hydrogens (tertiary/aromatic N) is 1. The van der Waals surface area contributed by atoms with Crippen LogP contribution in [0.3, 0.4) is 0 Å². The van der Waals surface area contributed by atoms with E-state index in [4.69, 9.17) is 27.9 Å². The molecule has 6 nitrogen and oxygen atoms in total. The number of pyridine rings is 1. The van der Waals surface area contributed by atoms with Crippen LogP contribution in [-0.2, 0) is 32.1 Å². The van der Waals surface area contributed by atoms with E-state index < -0.39 is 17.1 Å². The van der Waals surface area contributed by atoms with Crippen molar-refractivity contribution in [2.24, 2.45) is 0 Å². The van der Waals surface area contributed by atoms with Crippen molar-refractivity contribution >= 4 is 35.0 Å². The van der Waals surface area contributed by atoms with E-state index in [-0.39, 0.29) is 44.1 Å². The first kappa shape index (κ1) is 20.1. The summed E-state index contributed by atoms with van der Waals surface area (Å²) < 4.78 is 21.4. The van der Waals surface area contributed by atoms with Crippen LogP contribution < -0.4 is 10.6 Å². The highest BCUT2D eigenvalue weighted by Crippen LogP contribution is 2.46. The Morgan fingerprint density at radius 3 is 2.90 bits per heavy atom. The zero-order chi connectivity index (χ0) is 20.6. The van der Waals surface area contributed by atoms with E-state index in [9.17, 15) is 9.59 Å². The molecule has 0 radical (unpaired) electrons. The maximum Gasteiger partial charge on any atom is 0.262 e. The van der Waals surface area contributed by atoms with E-state index in [0.717, 1.165) is 0 Å². The summed E-state index contributed by atoms with van der Waals surface area (Å²) in [4.78, 5) is 29.1. The first-order valence-electron chi connectivity index (χ1n) is 9.10. The fourth-order valence-electron chi connectivity index (χ4n) is 3.88. The average Bonchev–Trinajstić information content (AvgIpc) is 2.70. The average molecular weight is 438 g/mol. The molecule has 2 aliphatic rings. The highest BCUT2D eigenvalue weighted by atomic mass is 35.5. The molecule has 1 spiro atoms. The number of morpholine rings is 1. The summed E-state index contributed by atoms with van der Waals surface area (Å²) in [7, 11) is 0. The predicted octanol–water partition coefficient (Wildman–Crippen LogP) is 3.01. The van der Waals surface area contributed by atoms with Crippen LogP contribution in [-0.4, -0.2) is 30.0 Å². The Bertz CT molecular complexity index is 989. The zero-order valence-electron chi connectivity index (χ0n) is 15.3. The second kappa shape index (κ2) is 7.55. The molecule has 1 aliphatic carbocycles. The number of fused-ring (bicyclic) bond motifs is 2. The lowest BCUT2D eigenvalue weighted by Crippen LogP contribution is -2.59. The van der Waals surface area contributed by atoms with Crippen molar-refractivity contribution in [3.63, 3.8) is 0 Å². The first-order chi connectivity index (χ1) is 13.8. The molecule has 0 bridgehead atoms. The highest BCUT2D eigenvalue weighted by molar-refractivity contribution is 6.35. The Balaban J connectivity index is 1.61. The Labute approximate surface area is 176 Å². The molecule has 9 heteroatoms. The van der Waals surface area contributed by atoms with Crippen LogP contribution in [0, 0.1) is 0 Å². The van der Waals surface area contributed by atoms with Crippen LogP contribution in [0.2, 0.25) is 10.0 Å². The van der Waals surface area contributed by atoms with Gasteiger partial charge in [-0.2, -0.15) is 0 Å². The lowest BCUT2D eigenvalue weighted by atomic mass is 9.72. The van der Waals surface area contributed by atoms with Gasteiger partial charge in [-0.15, -0.1) is 0 Å². The molecule has 1 aromatic carbocycles. The third-order valence-electron chi connectivity index (χ3n) is 5.36. The second-order valence-corrected chi connectivity index (χ2v) is 8.09. The van der Waals surface area contributed by atoms with E-state index in [1.165, 1.54) is 12.3 Å². The molecular weight excluding hydrogens is 420 g/mol. The van der Waals surface area contributed by atoms with Gasteiger partial charge < -0.3 is 15.4 Å². The minimum atomic E-state index is -2.28. The van der Waals surface area contributed by atoms with Gasteiger partial charge in [0.25, 0.3) is 5.91 Å². The van der Waals surface area contributed by atoms with Crippen LogP contribution >= 0.6 is 23.2 Å². The normalized spacial score (nSPS) is 26.0. The molecule has 4 rings (SSSR count). The Hall–Kier alpha value is -2.22. The second-order valence-electron chi connectivity index (χ2n) is 7.24. The van der Waals surface area contributed by atoms with Crippen LogP contribution in [0.5, 0.6) is 0 Å². The standard InChI is InChI=1S/C20H18Cl2FN3O3/c21-13-4-3-12(15(22)8-13)9-25-18(28)20(23)6-5-19(11-29-10-16(27)26-19)17-14(20)2-1-7-24-17/h1-4,7-8H,5-6,9-11H2,(H,25,28)(H,26,27)/t19-,20-/m0/s1. The van der Waals surface area contributed by atoms with Crippen molar-refractivity contribution in [2.45, 2.75) is 30.6 Å². The molecule has 1 saturated heterocycles. The van der Waals surface area contributed by atoms with Crippen LogP contribution in [0.25, 0.3) is 0 Å². The molecule has 1 fully saturated rings. The summed E-state index contributed by atoms with van der Waals surface area (Å²) in [5.41, 5.74) is -2.13. The molecule has 2 heterocycles. The maximum atomic E-state index is 16.0. The third-order valence-corrected chi connectivity index (χ3v) is 5.95. The van der Waals surface area contributed by atoms with Crippen molar-refractivity contribution in [1.29, 1.82) is 0 Å². The smallest absolute Gasteiger partial charge is 0.262 e. The van der Waals surface area contributed by atoms with Gasteiger partial charge in [0.1, 0.15) is 12.1 Å². The molecule has 0 unspecified atom stereocenters. The number of benzene rings is 1. The van der Waals surface area contributed by atoms with Gasteiger partial charge in [0.05, 0.1) is 12.3 Å². The van der Waals surface area contributed by atoms with Crippen molar-refractivity contribution in [3.8, 4) is 0 Å². The summed E-state index contributed by atoms with van der Waals surface area (Å²) in [6.45, 7) is 0.189. The molecule has 2 aromatic rings. The summed E-state index contributed by atoms with van der Waals surface area (Å²) in [6.07, 6.45) is 1.59. The fraction of sp³-hybridized carbons (Fsp3) is 0.350. The molecule has 2 amide bonds.